The highest BCUT2D eigenvalue weighted by Crippen LogP contribution is 2.15. The molecule has 0 saturated heterocycles. The fraction of sp³-hybridized carbons (Fsp3) is 0.917. The monoisotopic (exact) mass is 216 g/mol. The van der Waals surface area contributed by atoms with Crippen LogP contribution in [0.15, 0.2) is 0 Å². The molecule has 0 aromatic rings. The number of carbonyl (C=O) groups excluding carboxylic acids is 1. The van der Waals surface area contributed by atoms with E-state index in [0.717, 1.165) is 18.6 Å². The first-order chi connectivity index (χ1) is 6.70. The van der Waals surface area contributed by atoms with Crippen molar-refractivity contribution in [2.24, 2.45) is 5.92 Å². The van der Waals surface area contributed by atoms with Crippen LogP contribution in [0.25, 0.3) is 0 Å². The molecule has 0 aromatic carbocycles. The van der Waals surface area contributed by atoms with E-state index in [1.165, 1.54) is 37.4 Å². The van der Waals surface area contributed by atoms with Gasteiger partial charge in [0.15, 0.2) is 5.12 Å². The summed E-state index contributed by atoms with van der Waals surface area (Å²) < 4.78 is 0. The van der Waals surface area contributed by atoms with Crippen LogP contribution >= 0.6 is 11.8 Å². The maximum absolute atomic E-state index is 11.4. The van der Waals surface area contributed by atoms with Gasteiger partial charge in [0, 0.05) is 12.2 Å². The van der Waals surface area contributed by atoms with Gasteiger partial charge >= 0.3 is 0 Å². The third-order valence-corrected chi connectivity index (χ3v) is 3.72. The van der Waals surface area contributed by atoms with Crippen molar-refractivity contribution >= 4 is 16.9 Å². The Labute approximate surface area is 93.0 Å². The lowest BCUT2D eigenvalue weighted by molar-refractivity contribution is -0.111. The molecule has 0 fully saturated rings. The average molecular weight is 216 g/mol. The normalized spacial score (nSPS) is 12.8. The van der Waals surface area contributed by atoms with Gasteiger partial charge in [-0.2, -0.15) is 0 Å². The SMILES string of the molecule is CCCCCCC(=O)SC[C@H](C)CC. The van der Waals surface area contributed by atoms with Crippen LogP contribution in [-0.4, -0.2) is 10.9 Å². The van der Waals surface area contributed by atoms with Gasteiger partial charge in [-0.05, 0) is 12.3 Å². The Morgan fingerprint density at radius 1 is 1.21 bits per heavy atom. The number of carbonyl (C=O) groups is 1. The minimum Gasteiger partial charge on any atom is -0.287 e. The van der Waals surface area contributed by atoms with Gasteiger partial charge < -0.3 is 0 Å². The second-order valence-electron chi connectivity index (χ2n) is 4.01. The molecule has 14 heavy (non-hydrogen) atoms. The second-order valence-corrected chi connectivity index (χ2v) is 5.08. The first kappa shape index (κ1) is 14.0. The van der Waals surface area contributed by atoms with Crippen molar-refractivity contribution in [2.45, 2.75) is 59.3 Å². The molecule has 0 heterocycles. The molecule has 0 spiro atoms. The van der Waals surface area contributed by atoms with Crippen LogP contribution in [0.3, 0.4) is 0 Å². The van der Waals surface area contributed by atoms with Crippen LogP contribution in [0.5, 0.6) is 0 Å². The summed E-state index contributed by atoms with van der Waals surface area (Å²) in [5.74, 6) is 1.68. The Morgan fingerprint density at radius 2 is 1.93 bits per heavy atom. The number of rotatable bonds is 8. The summed E-state index contributed by atoms with van der Waals surface area (Å²) in [7, 11) is 0. The van der Waals surface area contributed by atoms with Crippen molar-refractivity contribution in [3.8, 4) is 0 Å². The van der Waals surface area contributed by atoms with Gasteiger partial charge in [0.2, 0.25) is 0 Å². The highest BCUT2D eigenvalue weighted by atomic mass is 32.2. The molecular formula is C12H24OS. The molecule has 0 amide bonds. The van der Waals surface area contributed by atoms with Gasteiger partial charge in [0.25, 0.3) is 0 Å². The zero-order valence-electron chi connectivity index (χ0n) is 9.84. The summed E-state index contributed by atoms with van der Waals surface area (Å²) in [6.45, 7) is 6.58. The van der Waals surface area contributed by atoms with E-state index in [0.29, 0.717) is 11.0 Å². The van der Waals surface area contributed by atoms with Gasteiger partial charge in [-0.15, -0.1) is 0 Å². The van der Waals surface area contributed by atoms with Crippen molar-refractivity contribution in [1.82, 2.24) is 0 Å². The van der Waals surface area contributed by atoms with Crippen LogP contribution in [0, 0.1) is 5.92 Å². The van der Waals surface area contributed by atoms with Gasteiger partial charge in [0.05, 0.1) is 0 Å². The van der Waals surface area contributed by atoms with E-state index in [2.05, 4.69) is 20.8 Å². The summed E-state index contributed by atoms with van der Waals surface area (Å²) in [5, 5.41) is 0.390. The topological polar surface area (TPSA) is 17.1 Å². The van der Waals surface area contributed by atoms with E-state index in [1.807, 2.05) is 0 Å². The van der Waals surface area contributed by atoms with Crippen molar-refractivity contribution in [2.75, 3.05) is 5.75 Å². The van der Waals surface area contributed by atoms with Crippen LogP contribution in [0.1, 0.15) is 59.3 Å². The molecule has 0 aliphatic rings. The molecule has 0 N–H and O–H groups in total. The molecule has 0 radical (unpaired) electrons. The van der Waals surface area contributed by atoms with Crippen LogP contribution in [-0.2, 0) is 4.79 Å². The Balaban J connectivity index is 3.28. The van der Waals surface area contributed by atoms with E-state index in [9.17, 15) is 4.79 Å². The van der Waals surface area contributed by atoms with Crippen LogP contribution in [0.4, 0.5) is 0 Å². The lowest BCUT2D eigenvalue weighted by Crippen LogP contribution is -2.00. The third-order valence-electron chi connectivity index (χ3n) is 2.46. The standard InChI is InChI=1S/C12H24OS/c1-4-6-7-8-9-12(13)14-10-11(3)5-2/h11H,4-10H2,1-3H3/t11-/m1/s1. The van der Waals surface area contributed by atoms with E-state index in [4.69, 9.17) is 0 Å². The summed E-state index contributed by atoms with van der Waals surface area (Å²) in [6.07, 6.45) is 6.76. The zero-order chi connectivity index (χ0) is 10.8. The van der Waals surface area contributed by atoms with Crippen LogP contribution in [0.2, 0.25) is 0 Å². The molecule has 84 valence electrons. The molecule has 0 saturated carbocycles. The maximum Gasteiger partial charge on any atom is 0.188 e. The van der Waals surface area contributed by atoms with E-state index < -0.39 is 0 Å². The molecule has 2 heteroatoms. The summed E-state index contributed by atoms with van der Waals surface area (Å²) >= 11 is 1.53. The lowest BCUT2D eigenvalue weighted by atomic mass is 10.2. The largest absolute Gasteiger partial charge is 0.287 e. The third kappa shape index (κ3) is 8.61. The highest BCUT2D eigenvalue weighted by molar-refractivity contribution is 8.13. The van der Waals surface area contributed by atoms with Crippen molar-refractivity contribution in [1.29, 1.82) is 0 Å². The van der Waals surface area contributed by atoms with Gasteiger partial charge in [-0.25, -0.2) is 0 Å². The molecule has 0 aromatic heterocycles. The minimum atomic E-state index is 0.390. The molecule has 0 bridgehead atoms. The van der Waals surface area contributed by atoms with E-state index >= 15 is 0 Å². The van der Waals surface area contributed by atoms with E-state index in [1.54, 1.807) is 0 Å². The maximum atomic E-state index is 11.4. The van der Waals surface area contributed by atoms with Crippen molar-refractivity contribution in [3.63, 3.8) is 0 Å². The smallest absolute Gasteiger partial charge is 0.188 e. The second kappa shape index (κ2) is 9.57. The van der Waals surface area contributed by atoms with Gasteiger partial charge in [-0.1, -0.05) is 58.2 Å². The molecule has 0 aliphatic heterocycles. The Bertz CT molecular complexity index is 145. The van der Waals surface area contributed by atoms with Gasteiger partial charge in [-0.3, -0.25) is 4.79 Å². The number of unbranched alkanes of at least 4 members (excludes halogenated alkanes) is 3. The minimum absolute atomic E-state index is 0.390. The van der Waals surface area contributed by atoms with Crippen molar-refractivity contribution in [3.05, 3.63) is 0 Å². The zero-order valence-corrected chi connectivity index (χ0v) is 10.7. The highest BCUT2D eigenvalue weighted by Gasteiger charge is 2.05. The van der Waals surface area contributed by atoms with Crippen LogP contribution < -0.4 is 0 Å². The van der Waals surface area contributed by atoms with E-state index in [-0.39, 0.29) is 0 Å². The Hall–Kier alpha value is 0.0200. The molecule has 1 atom stereocenters. The predicted molar refractivity (Wildman–Crippen MR) is 65.7 cm³/mol. The fourth-order valence-electron chi connectivity index (χ4n) is 1.12. The predicted octanol–water partition coefficient (Wildman–Crippen LogP) is 4.26. The molecule has 0 aliphatic carbocycles. The number of thioether (sulfide) groups is 1. The Kier molecular flexibility index (Phi) is 9.58. The molecule has 0 rings (SSSR count). The quantitative estimate of drug-likeness (QED) is 0.564. The average Bonchev–Trinajstić information content (AvgIpc) is 2.21. The number of hydrogen-bond donors (Lipinski definition) is 0. The first-order valence-corrected chi connectivity index (χ1v) is 6.84. The summed E-state index contributed by atoms with van der Waals surface area (Å²) in [6, 6.07) is 0. The fourth-order valence-corrected chi connectivity index (χ4v) is 2.12. The molecular weight excluding hydrogens is 192 g/mol. The lowest BCUT2D eigenvalue weighted by Gasteiger charge is -2.06. The number of hydrogen-bond acceptors (Lipinski definition) is 2. The van der Waals surface area contributed by atoms with Crippen molar-refractivity contribution < 1.29 is 4.79 Å². The Morgan fingerprint density at radius 3 is 2.50 bits per heavy atom. The first-order valence-electron chi connectivity index (χ1n) is 5.86. The summed E-state index contributed by atoms with van der Waals surface area (Å²) in [5.41, 5.74) is 0. The summed E-state index contributed by atoms with van der Waals surface area (Å²) in [4.78, 5) is 11.4. The molecule has 1 nitrogen and oxygen atoms in total. The van der Waals surface area contributed by atoms with Gasteiger partial charge in [0.1, 0.15) is 0 Å². The molecule has 0 unspecified atom stereocenters.